The Morgan fingerprint density at radius 1 is 1.25 bits per heavy atom. The molecule has 1 aliphatic rings. The molecule has 0 radical (unpaired) electrons. The Morgan fingerprint density at radius 2 is 1.83 bits per heavy atom. The van der Waals surface area contributed by atoms with Crippen molar-refractivity contribution in [2.45, 2.75) is 58.9 Å². The monoisotopic (exact) mass is 340 g/mol. The van der Waals surface area contributed by atoms with Gasteiger partial charge >= 0.3 is 5.97 Å². The quantitative estimate of drug-likeness (QED) is 0.360. The molecule has 0 aliphatic carbocycles. The topological polar surface area (TPSA) is 134 Å². The summed E-state index contributed by atoms with van der Waals surface area (Å²) >= 11 is 0. The molecule has 8 heteroatoms. The zero-order valence-electron chi connectivity index (χ0n) is 14.6. The normalized spacial score (nSPS) is 22.1. The fourth-order valence-corrected chi connectivity index (χ4v) is 2.55. The van der Waals surface area contributed by atoms with Gasteiger partial charge < -0.3 is 10.8 Å². The SMILES string of the molecule is CCC1(CCC(C)C)C(=O)NC(=NCCC[C@H](N)C(=O)O)NC1=O. The average Bonchev–Trinajstić information content (AvgIpc) is 2.51. The fourth-order valence-electron chi connectivity index (χ4n) is 2.55. The van der Waals surface area contributed by atoms with E-state index in [4.69, 9.17) is 10.8 Å². The summed E-state index contributed by atoms with van der Waals surface area (Å²) in [5.74, 6) is -1.17. The molecule has 1 aliphatic heterocycles. The van der Waals surface area contributed by atoms with Crippen LogP contribution in [0, 0.1) is 11.3 Å². The summed E-state index contributed by atoms with van der Waals surface area (Å²) < 4.78 is 0. The summed E-state index contributed by atoms with van der Waals surface area (Å²) in [6, 6.07) is -0.926. The molecule has 136 valence electrons. The second-order valence-corrected chi connectivity index (χ2v) is 6.59. The zero-order valence-corrected chi connectivity index (χ0v) is 14.6. The maximum Gasteiger partial charge on any atom is 0.320 e. The molecule has 1 rings (SSSR count). The predicted molar refractivity (Wildman–Crippen MR) is 90.2 cm³/mol. The Balaban J connectivity index is 2.64. The van der Waals surface area contributed by atoms with Crippen LogP contribution in [0.5, 0.6) is 0 Å². The van der Waals surface area contributed by atoms with Gasteiger partial charge in [0.2, 0.25) is 17.8 Å². The van der Waals surface area contributed by atoms with E-state index in [1.807, 2.05) is 6.92 Å². The minimum Gasteiger partial charge on any atom is -0.480 e. The molecule has 0 aromatic rings. The van der Waals surface area contributed by atoms with Crippen LogP contribution >= 0.6 is 0 Å². The van der Waals surface area contributed by atoms with Crippen LogP contribution in [-0.2, 0) is 14.4 Å². The van der Waals surface area contributed by atoms with Crippen molar-refractivity contribution in [1.82, 2.24) is 10.6 Å². The first kappa shape index (κ1) is 20.1. The Kier molecular flexibility index (Phi) is 7.34. The van der Waals surface area contributed by atoms with Crippen molar-refractivity contribution in [2.75, 3.05) is 6.54 Å². The predicted octanol–water partition coefficient (Wildman–Crippen LogP) is 0.613. The zero-order chi connectivity index (χ0) is 18.3. The molecule has 0 aromatic carbocycles. The third-order valence-corrected chi connectivity index (χ3v) is 4.35. The summed E-state index contributed by atoms with van der Waals surface area (Å²) in [7, 11) is 0. The number of carbonyl (C=O) groups is 3. The molecule has 24 heavy (non-hydrogen) atoms. The highest BCUT2D eigenvalue weighted by atomic mass is 16.4. The van der Waals surface area contributed by atoms with Gasteiger partial charge in [-0.05, 0) is 38.0 Å². The van der Waals surface area contributed by atoms with E-state index < -0.39 is 17.4 Å². The molecule has 0 spiro atoms. The van der Waals surface area contributed by atoms with Crippen LogP contribution in [0.1, 0.15) is 52.9 Å². The first-order valence-electron chi connectivity index (χ1n) is 8.38. The van der Waals surface area contributed by atoms with Gasteiger partial charge in [0, 0.05) is 6.54 Å². The molecular formula is C16H28N4O4. The Labute approximate surface area is 142 Å². The van der Waals surface area contributed by atoms with Gasteiger partial charge in [0.25, 0.3) is 0 Å². The summed E-state index contributed by atoms with van der Waals surface area (Å²) in [4.78, 5) is 39.7. The highest BCUT2D eigenvalue weighted by Crippen LogP contribution is 2.32. The van der Waals surface area contributed by atoms with E-state index in [2.05, 4.69) is 29.5 Å². The fraction of sp³-hybridized carbons (Fsp3) is 0.750. The Morgan fingerprint density at radius 3 is 2.29 bits per heavy atom. The van der Waals surface area contributed by atoms with Crippen LogP contribution in [0.4, 0.5) is 0 Å². The van der Waals surface area contributed by atoms with Crippen molar-refractivity contribution in [3.05, 3.63) is 0 Å². The molecule has 1 fully saturated rings. The number of amides is 2. The highest BCUT2D eigenvalue weighted by molar-refractivity contribution is 6.20. The van der Waals surface area contributed by atoms with Crippen molar-refractivity contribution in [3.63, 3.8) is 0 Å². The maximum absolute atomic E-state index is 12.5. The van der Waals surface area contributed by atoms with Crippen molar-refractivity contribution in [1.29, 1.82) is 0 Å². The molecule has 1 saturated heterocycles. The molecule has 0 bridgehead atoms. The van der Waals surface area contributed by atoms with E-state index in [1.165, 1.54) is 0 Å². The molecule has 2 amide bonds. The minimum atomic E-state index is -1.06. The van der Waals surface area contributed by atoms with Gasteiger partial charge in [-0.3, -0.25) is 30.0 Å². The van der Waals surface area contributed by atoms with Crippen LogP contribution in [0.2, 0.25) is 0 Å². The second-order valence-electron chi connectivity index (χ2n) is 6.59. The van der Waals surface area contributed by atoms with Crippen LogP contribution in [-0.4, -0.2) is 41.4 Å². The lowest BCUT2D eigenvalue weighted by molar-refractivity contribution is -0.145. The third kappa shape index (κ3) is 5.02. The van der Waals surface area contributed by atoms with E-state index in [0.717, 1.165) is 6.42 Å². The van der Waals surface area contributed by atoms with E-state index in [0.29, 0.717) is 25.2 Å². The standard InChI is InChI=1S/C16H28N4O4/c1-4-16(8-7-10(2)3)13(23)19-15(20-14(16)24)18-9-5-6-11(17)12(21)22/h10-11H,4-9,17H2,1-3H3,(H,21,22)(H2,18,19,20,23,24)/t11-/m0/s1. The van der Waals surface area contributed by atoms with Gasteiger partial charge in [0.15, 0.2) is 0 Å². The summed E-state index contributed by atoms with van der Waals surface area (Å²) in [5, 5.41) is 14.0. The number of guanidine groups is 1. The molecule has 5 N–H and O–H groups in total. The van der Waals surface area contributed by atoms with Gasteiger partial charge in [-0.2, -0.15) is 0 Å². The lowest BCUT2D eigenvalue weighted by atomic mass is 9.76. The Hall–Kier alpha value is -1.96. The highest BCUT2D eigenvalue weighted by Gasteiger charge is 2.47. The van der Waals surface area contributed by atoms with Crippen LogP contribution in [0.15, 0.2) is 4.99 Å². The maximum atomic E-state index is 12.5. The number of rotatable bonds is 9. The summed E-state index contributed by atoms with van der Waals surface area (Å²) in [6.07, 6.45) is 2.45. The summed E-state index contributed by atoms with van der Waals surface area (Å²) in [6.45, 7) is 6.21. The van der Waals surface area contributed by atoms with Crippen LogP contribution in [0.3, 0.4) is 0 Å². The number of nitrogens with zero attached hydrogens (tertiary/aromatic N) is 1. The smallest absolute Gasteiger partial charge is 0.320 e. The molecule has 1 atom stereocenters. The van der Waals surface area contributed by atoms with Gasteiger partial charge in [0.1, 0.15) is 11.5 Å². The van der Waals surface area contributed by atoms with Gasteiger partial charge in [-0.15, -0.1) is 0 Å². The average molecular weight is 340 g/mol. The lowest BCUT2D eigenvalue weighted by Gasteiger charge is -2.35. The van der Waals surface area contributed by atoms with E-state index in [-0.39, 0.29) is 30.7 Å². The number of aliphatic imine (C=N–C) groups is 1. The van der Waals surface area contributed by atoms with Crippen molar-refractivity contribution in [2.24, 2.45) is 22.1 Å². The number of hydrogen-bond acceptors (Lipinski definition) is 5. The molecule has 8 nitrogen and oxygen atoms in total. The minimum absolute atomic E-state index is 0.127. The first-order valence-corrected chi connectivity index (χ1v) is 8.38. The van der Waals surface area contributed by atoms with Crippen molar-refractivity contribution < 1.29 is 19.5 Å². The number of hydrogen-bond donors (Lipinski definition) is 4. The number of carboxylic acids is 1. The molecular weight excluding hydrogens is 312 g/mol. The lowest BCUT2D eigenvalue weighted by Crippen LogP contribution is -2.62. The molecule has 0 unspecified atom stereocenters. The Bertz CT molecular complexity index is 496. The van der Waals surface area contributed by atoms with Crippen LogP contribution in [0.25, 0.3) is 0 Å². The molecule has 1 heterocycles. The van der Waals surface area contributed by atoms with Crippen molar-refractivity contribution in [3.8, 4) is 0 Å². The number of carboxylic acid groups (broad SMARTS) is 1. The second kappa shape index (κ2) is 8.77. The molecule has 0 saturated carbocycles. The van der Waals surface area contributed by atoms with E-state index in [9.17, 15) is 14.4 Å². The van der Waals surface area contributed by atoms with Gasteiger partial charge in [-0.25, -0.2) is 0 Å². The molecule has 0 aromatic heterocycles. The number of nitrogens with two attached hydrogens (primary N) is 1. The van der Waals surface area contributed by atoms with Crippen LogP contribution < -0.4 is 16.4 Å². The largest absolute Gasteiger partial charge is 0.480 e. The van der Waals surface area contributed by atoms with Gasteiger partial charge in [-0.1, -0.05) is 20.8 Å². The van der Waals surface area contributed by atoms with Gasteiger partial charge in [0.05, 0.1) is 0 Å². The van der Waals surface area contributed by atoms with E-state index >= 15 is 0 Å². The number of nitrogens with one attached hydrogen (secondary N) is 2. The summed E-state index contributed by atoms with van der Waals surface area (Å²) in [5.41, 5.74) is 4.36. The first-order chi connectivity index (χ1) is 11.2. The number of aliphatic carboxylic acids is 1. The van der Waals surface area contributed by atoms with E-state index in [1.54, 1.807) is 0 Å². The van der Waals surface area contributed by atoms with Crippen molar-refractivity contribution >= 4 is 23.7 Å². The number of carbonyl (C=O) groups excluding carboxylic acids is 2. The third-order valence-electron chi connectivity index (χ3n) is 4.35.